The lowest BCUT2D eigenvalue weighted by atomic mass is 10.2. The third kappa shape index (κ3) is 4.49. The Morgan fingerprint density at radius 1 is 1.21 bits per heavy atom. The van der Waals surface area contributed by atoms with E-state index in [1.54, 1.807) is 0 Å². The summed E-state index contributed by atoms with van der Waals surface area (Å²) in [4.78, 5) is 14.7. The summed E-state index contributed by atoms with van der Waals surface area (Å²) in [5, 5.41) is 12.0. The number of aliphatic hydroxyl groups is 1. The zero-order valence-electron chi connectivity index (χ0n) is 11.7. The van der Waals surface area contributed by atoms with Crippen LogP contribution in [-0.4, -0.2) is 45.8 Å². The minimum atomic E-state index is 0.0718. The second-order valence-electron chi connectivity index (χ2n) is 4.16. The van der Waals surface area contributed by atoms with Crippen LogP contribution in [-0.2, 0) is 0 Å². The highest BCUT2D eigenvalue weighted by Gasteiger charge is 2.12. The van der Waals surface area contributed by atoms with Crippen LogP contribution in [0.25, 0.3) is 0 Å². The fraction of sp³-hybridized carbons (Fsp3) is 0.727. The van der Waals surface area contributed by atoms with Crippen LogP contribution in [0.5, 0.6) is 0 Å². The number of anilines is 3. The number of hydrazine groups is 1. The van der Waals surface area contributed by atoms with Gasteiger partial charge in [0.1, 0.15) is 0 Å². The molecule has 0 bridgehead atoms. The van der Waals surface area contributed by atoms with Crippen molar-refractivity contribution < 1.29 is 5.11 Å². The SMILES string of the molecule is CCN(CC)c1nc(NN)nc(NC(C)CCO)n1. The Balaban J connectivity index is 2.94. The maximum atomic E-state index is 8.90. The molecule has 1 unspecified atom stereocenters. The van der Waals surface area contributed by atoms with Crippen molar-refractivity contribution in [3.8, 4) is 0 Å². The molecule has 0 saturated heterocycles. The van der Waals surface area contributed by atoms with Crippen LogP contribution >= 0.6 is 0 Å². The van der Waals surface area contributed by atoms with E-state index < -0.39 is 0 Å². The number of hydrogen-bond acceptors (Lipinski definition) is 8. The quantitative estimate of drug-likeness (QED) is 0.391. The van der Waals surface area contributed by atoms with Gasteiger partial charge >= 0.3 is 0 Å². The molecule has 1 rings (SSSR count). The fourth-order valence-electron chi connectivity index (χ4n) is 1.63. The molecular formula is C11H23N7O. The molecule has 1 aromatic heterocycles. The van der Waals surface area contributed by atoms with Crippen molar-refractivity contribution in [3.63, 3.8) is 0 Å². The first-order valence-corrected chi connectivity index (χ1v) is 6.49. The summed E-state index contributed by atoms with van der Waals surface area (Å²) in [5.74, 6) is 6.71. The summed E-state index contributed by atoms with van der Waals surface area (Å²) in [5.41, 5.74) is 2.44. The Bertz CT molecular complexity index is 383. The largest absolute Gasteiger partial charge is 0.396 e. The van der Waals surface area contributed by atoms with E-state index in [4.69, 9.17) is 10.9 Å². The predicted molar refractivity (Wildman–Crippen MR) is 76.0 cm³/mol. The van der Waals surface area contributed by atoms with Gasteiger partial charge < -0.3 is 15.3 Å². The highest BCUT2D eigenvalue weighted by atomic mass is 16.3. The third-order valence-electron chi connectivity index (χ3n) is 2.74. The molecule has 0 radical (unpaired) electrons. The molecular weight excluding hydrogens is 246 g/mol. The molecule has 0 aliphatic rings. The van der Waals surface area contributed by atoms with Gasteiger partial charge in [-0.1, -0.05) is 0 Å². The summed E-state index contributed by atoms with van der Waals surface area (Å²) >= 11 is 0. The van der Waals surface area contributed by atoms with E-state index in [9.17, 15) is 0 Å². The van der Waals surface area contributed by atoms with Crippen molar-refractivity contribution in [1.82, 2.24) is 15.0 Å². The fourth-order valence-corrected chi connectivity index (χ4v) is 1.63. The molecule has 0 aliphatic heterocycles. The molecule has 0 amide bonds. The van der Waals surface area contributed by atoms with E-state index in [1.165, 1.54) is 0 Å². The molecule has 0 aromatic carbocycles. The number of nitrogens with one attached hydrogen (secondary N) is 2. The van der Waals surface area contributed by atoms with Crippen molar-refractivity contribution >= 4 is 17.8 Å². The van der Waals surface area contributed by atoms with E-state index in [1.807, 2.05) is 25.7 Å². The molecule has 0 aliphatic carbocycles. The highest BCUT2D eigenvalue weighted by molar-refractivity contribution is 5.43. The molecule has 0 fully saturated rings. The second kappa shape index (κ2) is 7.70. The van der Waals surface area contributed by atoms with Crippen molar-refractivity contribution in [3.05, 3.63) is 0 Å². The van der Waals surface area contributed by atoms with Crippen LogP contribution in [0.2, 0.25) is 0 Å². The first-order valence-electron chi connectivity index (χ1n) is 6.49. The number of aliphatic hydroxyl groups excluding tert-OH is 1. The number of nitrogens with zero attached hydrogens (tertiary/aromatic N) is 4. The summed E-state index contributed by atoms with van der Waals surface area (Å²) < 4.78 is 0. The molecule has 8 heteroatoms. The van der Waals surface area contributed by atoms with E-state index in [-0.39, 0.29) is 12.6 Å². The maximum absolute atomic E-state index is 8.90. The lowest BCUT2D eigenvalue weighted by molar-refractivity contribution is 0.282. The molecule has 19 heavy (non-hydrogen) atoms. The molecule has 0 saturated carbocycles. The van der Waals surface area contributed by atoms with Crippen LogP contribution in [0.15, 0.2) is 0 Å². The minimum absolute atomic E-state index is 0.0718. The van der Waals surface area contributed by atoms with Crippen molar-refractivity contribution in [2.45, 2.75) is 33.2 Å². The van der Waals surface area contributed by atoms with Crippen LogP contribution in [0, 0.1) is 0 Å². The van der Waals surface area contributed by atoms with Gasteiger partial charge in [0.15, 0.2) is 0 Å². The Labute approximate surface area is 113 Å². The second-order valence-corrected chi connectivity index (χ2v) is 4.16. The Kier molecular flexibility index (Phi) is 6.23. The van der Waals surface area contributed by atoms with Gasteiger partial charge in [-0.25, -0.2) is 5.84 Å². The van der Waals surface area contributed by atoms with E-state index >= 15 is 0 Å². The maximum Gasteiger partial charge on any atom is 0.243 e. The molecule has 1 aromatic rings. The summed E-state index contributed by atoms with van der Waals surface area (Å²) in [6, 6.07) is 0.0718. The molecule has 1 atom stereocenters. The van der Waals surface area contributed by atoms with E-state index in [0.29, 0.717) is 24.3 Å². The molecule has 5 N–H and O–H groups in total. The van der Waals surface area contributed by atoms with Crippen LogP contribution in [0.3, 0.4) is 0 Å². The topological polar surface area (TPSA) is 112 Å². The zero-order valence-corrected chi connectivity index (χ0v) is 11.7. The standard InChI is InChI=1S/C11H23N7O/c1-4-18(5-2)11-15-9(13-8(3)6-7-19)14-10(16-11)17-12/h8,19H,4-7,12H2,1-3H3,(H2,13,14,15,16,17). The number of nitrogens with two attached hydrogens (primary N) is 1. The van der Waals surface area contributed by atoms with Gasteiger partial charge in [0, 0.05) is 25.7 Å². The van der Waals surface area contributed by atoms with E-state index in [2.05, 4.69) is 25.7 Å². The van der Waals surface area contributed by atoms with Gasteiger partial charge in [0.25, 0.3) is 0 Å². The van der Waals surface area contributed by atoms with Crippen molar-refractivity contribution in [2.75, 3.05) is 35.3 Å². The first kappa shape index (κ1) is 15.4. The smallest absolute Gasteiger partial charge is 0.243 e. The lowest BCUT2D eigenvalue weighted by Gasteiger charge is -2.20. The number of rotatable bonds is 8. The average molecular weight is 269 g/mol. The van der Waals surface area contributed by atoms with E-state index in [0.717, 1.165) is 13.1 Å². The van der Waals surface area contributed by atoms with Gasteiger partial charge in [0.2, 0.25) is 17.8 Å². The normalized spacial score (nSPS) is 12.1. The third-order valence-corrected chi connectivity index (χ3v) is 2.74. The average Bonchev–Trinajstić information content (AvgIpc) is 2.40. The zero-order chi connectivity index (χ0) is 14.3. The number of hydrogen-bond donors (Lipinski definition) is 4. The van der Waals surface area contributed by atoms with Crippen molar-refractivity contribution in [2.24, 2.45) is 5.84 Å². The van der Waals surface area contributed by atoms with Crippen LogP contribution in [0.4, 0.5) is 17.8 Å². The van der Waals surface area contributed by atoms with Crippen LogP contribution < -0.4 is 21.5 Å². The summed E-state index contributed by atoms with van der Waals surface area (Å²) in [7, 11) is 0. The summed E-state index contributed by atoms with van der Waals surface area (Å²) in [6.45, 7) is 7.73. The number of nitrogen functional groups attached to an aromatic ring is 1. The Morgan fingerprint density at radius 2 is 1.84 bits per heavy atom. The molecule has 8 nitrogen and oxygen atoms in total. The minimum Gasteiger partial charge on any atom is -0.396 e. The van der Waals surface area contributed by atoms with Gasteiger partial charge in [-0.05, 0) is 27.2 Å². The Morgan fingerprint density at radius 3 is 2.37 bits per heavy atom. The lowest BCUT2D eigenvalue weighted by Crippen LogP contribution is -2.27. The summed E-state index contributed by atoms with van der Waals surface area (Å²) in [6.07, 6.45) is 0.623. The van der Waals surface area contributed by atoms with Crippen LogP contribution in [0.1, 0.15) is 27.2 Å². The number of aromatic nitrogens is 3. The van der Waals surface area contributed by atoms with Gasteiger partial charge in [-0.2, -0.15) is 15.0 Å². The highest BCUT2D eigenvalue weighted by Crippen LogP contribution is 2.13. The molecule has 1 heterocycles. The van der Waals surface area contributed by atoms with Gasteiger partial charge in [0.05, 0.1) is 0 Å². The molecule has 0 spiro atoms. The van der Waals surface area contributed by atoms with Gasteiger partial charge in [-0.3, -0.25) is 5.43 Å². The van der Waals surface area contributed by atoms with Gasteiger partial charge in [-0.15, -0.1) is 0 Å². The first-order chi connectivity index (χ1) is 9.14. The van der Waals surface area contributed by atoms with Crippen molar-refractivity contribution in [1.29, 1.82) is 0 Å². The predicted octanol–water partition coefficient (Wildman–Crippen LogP) is 0.186. The molecule has 108 valence electrons. The Hall–Kier alpha value is -1.67. The monoisotopic (exact) mass is 269 g/mol.